The average molecular weight is 246 g/mol. The van der Waals surface area contributed by atoms with Gasteiger partial charge in [0.15, 0.2) is 0 Å². The lowest BCUT2D eigenvalue weighted by Crippen LogP contribution is -2.23. The second-order valence-electron chi connectivity index (χ2n) is 6.22. The molecule has 1 fully saturated rings. The summed E-state index contributed by atoms with van der Waals surface area (Å²) >= 11 is 0. The standard InChI is InChI=1S/C16H26N2/c1-2-12-5-3-6-13(11-12)18-10-9-14-15(17)7-4-8-16(14)18/h9-10,12-13,15H,2-8,11,17H2,1H3. The van der Waals surface area contributed by atoms with Crippen molar-refractivity contribution in [2.45, 2.75) is 70.4 Å². The van der Waals surface area contributed by atoms with E-state index in [0.717, 1.165) is 12.0 Å². The highest BCUT2D eigenvalue weighted by Gasteiger charge is 2.26. The zero-order valence-electron chi connectivity index (χ0n) is 11.6. The van der Waals surface area contributed by atoms with Crippen LogP contribution in [-0.4, -0.2) is 4.57 Å². The molecule has 1 saturated carbocycles. The van der Waals surface area contributed by atoms with E-state index in [2.05, 4.69) is 23.8 Å². The Morgan fingerprint density at radius 1 is 1.28 bits per heavy atom. The van der Waals surface area contributed by atoms with Crippen molar-refractivity contribution in [1.29, 1.82) is 0 Å². The first-order valence-electron chi connectivity index (χ1n) is 7.74. The molecule has 0 amide bonds. The summed E-state index contributed by atoms with van der Waals surface area (Å²) in [6, 6.07) is 3.33. The van der Waals surface area contributed by atoms with Gasteiger partial charge in [0.2, 0.25) is 0 Å². The second-order valence-corrected chi connectivity index (χ2v) is 6.22. The van der Waals surface area contributed by atoms with Gasteiger partial charge in [-0.2, -0.15) is 0 Å². The van der Waals surface area contributed by atoms with E-state index in [1.54, 1.807) is 5.69 Å². The van der Waals surface area contributed by atoms with E-state index >= 15 is 0 Å². The highest BCUT2D eigenvalue weighted by Crippen LogP contribution is 2.38. The van der Waals surface area contributed by atoms with Crippen molar-refractivity contribution in [3.63, 3.8) is 0 Å². The van der Waals surface area contributed by atoms with Crippen LogP contribution in [0.25, 0.3) is 0 Å². The summed E-state index contributed by atoms with van der Waals surface area (Å²) in [4.78, 5) is 0. The van der Waals surface area contributed by atoms with Gasteiger partial charge in [-0.25, -0.2) is 0 Å². The minimum Gasteiger partial charge on any atom is -0.348 e. The summed E-state index contributed by atoms with van der Waals surface area (Å²) in [6.07, 6.45) is 12.9. The average Bonchev–Trinajstić information content (AvgIpc) is 2.84. The Labute approximate surface area is 111 Å². The van der Waals surface area contributed by atoms with Crippen LogP contribution in [0, 0.1) is 5.92 Å². The van der Waals surface area contributed by atoms with Crippen LogP contribution >= 0.6 is 0 Å². The van der Waals surface area contributed by atoms with Gasteiger partial charge >= 0.3 is 0 Å². The van der Waals surface area contributed by atoms with Gasteiger partial charge in [-0.05, 0) is 49.7 Å². The summed E-state index contributed by atoms with van der Waals surface area (Å²) in [6.45, 7) is 2.34. The summed E-state index contributed by atoms with van der Waals surface area (Å²) in [5.74, 6) is 0.944. The van der Waals surface area contributed by atoms with E-state index < -0.39 is 0 Å². The number of hydrogen-bond acceptors (Lipinski definition) is 1. The fourth-order valence-corrected chi connectivity index (χ4v) is 3.98. The van der Waals surface area contributed by atoms with Crippen molar-refractivity contribution in [3.05, 3.63) is 23.5 Å². The quantitative estimate of drug-likeness (QED) is 0.841. The van der Waals surface area contributed by atoms with Crippen LogP contribution in [0.4, 0.5) is 0 Å². The number of aromatic nitrogens is 1. The van der Waals surface area contributed by atoms with Crippen LogP contribution in [0.2, 0.25) is 0 Å². The molecule has 3 rings (SSSR count). The number of rotatable bonds is 2. The molecular weight excluding hydrogens is 220 g/mol. The molecule has 2 nitrogen and oxygen atoms in total. The van der Waals surface area contributed by atoms with E-state index in [9.17, 15) is 0 Å². The highest BCUT2D eigenvalue weighted by molar-refractivity contribution is 5.29. The minimum absolute atomic E-state index is 0.292. The van der Waals surface area contributed by atoms with Gasteiger partial charge in [0.25, 0.3) is 0 Å². The molecule has 1 heterocycles. The summed E-state index contributed by atoms with van der Waals surface area (Å²) in [5, 5.41) is 0. The maximum absolute atomic E-state index is 6.23. The maximum Gasteiger partial charge on any atom is 0.0336 e. The van der Waals surface area contributed by atoms with Gasteiger partial charge in [-0.15, -0.1) is 0 Å². The first-order valence-corrected chi connectivity index (χ1v) is 7.74. The molecule has 1 aromatic rings. The highest BCUT2D eigenvalue weighted by atomic mass is 15.0. The Morgan fingerprint density at radius 3 is 3.00 bits per heavy atom. The molecule has 0 spiro atoms. The molecule has 0 aromatic carbocycles. The molecule has 3 atom stereocenters. The van der Waals surface area contributed by atoms with Crippen LogP contribution < -0.4 is 5.73 Å². The summed E-state index contributed by atoms with van der Waals surface area (Å²) < 4.78 is 2.58. The molecule has 100 valence electrons. The molecule has 0 bridgehead atoms. The Kier molecular flexibility index (Phi) is 3.47. The predicted molar refractivity (Wildman–Crippen MR) is 75.6 cm³/mol. The molecule has 0 saturated heterocycles. The van der Waals surface area contributed by atoms with E-state index in [-0.39, 0.29) is 0 Å². The smallest absolute Gasteiger partial charge is 0.0336 e. The SMILES string of the molecule is CCC1CCCC(n2ccc3c2CCCC3N)C1. The van der Waals surface area contributed by atoms with E-state index in [1.165, 1.54) is 56.9 Å². The Morgan fingerprint density at radius 2 is 2.17 bits per heavy atom. The van der Waals surface area contributed by atoms with Gasteiger partial charge < -0.3 is 10.3 Å². The van der Waals surface area contributed by atoms with Crippen LogP contribution in [0.15, 0.2) is 12.3 Å². The zero-order chi connectivity index (χ0) is 12.5. The fourth-order valence-electron chi connectivity index (χ4n) is 3.98. The fraction of sp³-hybridized carbons (Fsp3) is 0.750. The van der Waals surface area contributed by atoms with Crippen LogP contribution in [0.1, 0.15) is 75.2 Å². The largest absolute Gasteiger partial charge is 0.348 e. The molecule has 2 N–H and O–H groups in total. The lowest BCUT2D eigenvalue weighted by Gasteiger charge is -2.32. The molecule has 18 heavy (non-hydrogen) atoms. The van der Waals surface area contributed by atoms with Crippen molar-refractivity contribution < 1.29 is 0 Å². The lowest BCUT2D eigenvalue weighted by molar-refractivity contribution is 0.257. The maximum atomic E-state index is 6.23. The monoisotopic (exact) mass is 246 g/mol. The number of nitrogens with zero attached hydrogens (tertiary/aromatic N) is 1. The van der Waals surface area contributed by atoms with Gasteiger partial charge in [0, 0.05) is 24.0 Å². The Hall–Kier alpha value is -0.760. The first-order chi connectivity index (χ1) is 8.79. The van der Waals surface area contributed by atoms with E-state index in [0.29, 0.717) is 6.04 Å². The third-order valence-electron chi connectivity index (χ3n) is 5.11. The third kappa shape index (κ3) is 2.11. The molecule has 2 heteroatoms. The molecule has 0 aliphatic heterocycles. The molecule has 0 radical (unpaired) electrons. The normalized spacial score (nSPS) is 32.2. The van der Waals surface area contributed by atoms with Crippen molar-refractivity contribution >= 4 is 0 Å². The van der Waals surface area contributed by atoms with Crippen molar-refractivity contribution in [2.75, 3.05) is 0 Å². The van der Waals surface area contributed by atoms with Gasteiger partial charge in [-0.1, -0.05) is 26.2 Å². The Balaban J connectivity index is 1.84. The van der Waals surface area contributed by atoms with Crippen molar-refractivity contribution in [3.8, 4) is 0 Å². The zero-order valence-corrected chi connectivity index (χ0v) is 11.6. The topological polar surface area (TPSA) is 30.9 Å². The first kappa shape index (κ1) is 12.3. The van der Waals surface area contributed by atoms with Crippen molar-refractivity contribution in [2.24, 2.45) is 11.7 Å². The number of hydrogen-bond donors (Lipinski definition) is 1. The summed E-state index contributed by atoms with van der Waals surface area (Å²) in [7, 11) is 0. The van der Waals surface area contributed by atoms with E-state index in [4.69, 9.17) is 5.73 Å². The Bertz CT molecular complexity index is 407. The minimum atomic E-state index is 0.292. The second kappa shape index (κ2) is 5.08. The van der Waals surface area contributed by atoms with Crippen LogP contribution in [0.3, 0.4) is 0 Å². The summed E-state index contributed by atoms with van der Waals surface area (Å²) in [5.41, 5.74) is 9.21. The van der Waals surface area contributed by atoms with Crippen LogP contribution in [-0.2, 0) is 6.42 Å². The number of fused-ring (bicyclic) bond motifs is 1. The lowest BCUT2D eigenvalue weighted by atomic mass is 9.83. The van der Waals surface area contributed by atoms with Gasteiger partial charge in [0.1, 0.15) is 0 Å². The van der Waals surface area contributed by atoms with Crippen LogP contribution in [0.5, 0.6) is 0 Å². The molecule has 1 aromatic heterocycles. The van der Waals surface area contributed by atoms with Gasteiger partial charge in [0.05, 0.1) is 0 Å². The third-order valence-corrected chi connectivity index (χ3v) is 5.11. The molecular formula is C16H26N2. The molecule has 2 aliphatic carbocycles. The molecule has 2 aliphatic rings. The predicted octanol–water partition coefficient (Wildman–Crippen LogP) is 3.97. The van der Waals surface area contributed by atoms with Gasteiger partial charge in [-0.3, -0.25) is 0 Å². The van der Waals surface area contributed by atoms with E-state index in [1.807, 2.05) is 0 Å². The van der Waals surface area contributed by atoms with Crippen molar-refractivity contribution in [1.82, 2.24) is 4.57 Å². The molecule has 3 unspecified atom stereocenters. The number of nitrogens with two attached hydrogens (primary N) is 1.